The Bertz CT molecular complexity index is 585. The zero-order valence-corrected chi connectivity index (χ0v) is 13.4. The lowest BCUT2D eigenvalue weighted by molar-refractivity contribution is -0.115. The van der Waals surface area contributed by atoms with Gasteiger partial charge in [-0.2, -0.15) is 0 Å². The molecule has 1 amide bonds. The van der Waals surface area contributed by atoms with Crippen molar-refractivity contribution in [2.75, 3.05) is 18.5 Å². The van der Waals surface area contributed by atoms with Crippen LogP contribution in [0.15, 0.2) is 23.1 Å². The molecule has 0 aliphatic rings. The molecule has 1 aromatic carbocycles. The van der Waals surface area contributed by atoms with Gasteiger partial charge in [0, 0.05) is 13.0 Å². The van der Waals surface area contributed by atoms with Crippen LogP contribution in [-0.2, 0) is 14.8 Å². The van der Waals surface area contributed by atoms with Gasteiger partial charge in [0.2, 0.25) is 15.9 Å². The largest absolute Gasteiger partial charge is 0.492 e. The third-order valence-electron chi connectivity index (χ3n) is 2.70. The van der Waals surface area contributed by atoms with E-state index >= 15 is 0 Å². The van der Waals surface area contributed by atoms with Crippen molar-refractivity contribution in [2.45, 2.75) is 38.5 Å². The van der Waals surface area contributed by atoms with Crippen molar-refractivity contribution >= 4 is 21.6 Å². The summed E-state index contributed by atoms with van der Waals surface area (Å²) in [4.78, 5) is 11.6. The first-order chi connectivity index (χ1) is 9.94. The third kappa shape index (κ3) is 5.02. The van der Waals surface area contributed by atoms with Crippen LogP contribution in [0.2, 0.25) is 0 Å². The first kappa shape index (κ1) is 17.5. The Hall–Kier alpha value is -1.60. The van der Waals surface area contributed by atoms with E-state index in [0.29, 0.717) is 37.4 Å². The minimum atomic E-state index is -3.58. The fraction of sp³-hybridized carbons (Fsp3) is 0.500. The average Bonchev–Trinajstić information content (AvgIpc) is 2.47. The molecule has 0 fully saturated rings. The van der Waals surface area contributed by atoms with Gasteiger partial charge in [-0.15, -0.1) is 0 Å². The Morgan fingerprint density at radius 1 is 1.24 bits per heavy atom. The highest BCUT2D eigenvalue weighted by Crippen LogP contribution is 2.28. The van der Waals surface area contributed by atoms with Crippen molar-refractivity contribution in [3.63, 3.8) is 0 Å². The van der Waals surface area contributed by atoms with E-state index in [0.717, 1.165) is 0 Å². The highest BCUT2D eigenvalue weighted by Gasteiger charge is 2.16. The van der Waals surface area contributed by atoms with E-state index in [-0.39, 0.29) is 10.8 Å². The number of amides is 1. The van der Waals surface area contributed by atoms with Gasteiger partial charge in [-0.1, -0.05) is 13.8 Å². The van der Waals surface area contributed by atoms with Crippen LogP contribution >= 0.6 is 0 Å². The Labute approximate surface area is 125 Å². The number of anilines is 1. The van der Waals surface area contributed by atoms with E-state index in [2.05, 4.69) is 10.0 Å². The molecule has 0 saturated carbocycles. The van der Waals surface area contributed by atoms with E-state index in [1.807, 2.05) is 13.8 Å². The van der Waals surface area contributed by atoms with Crippen LogP contribution in [0.4, 0.5) is 5.69 Å². The number of sulfonamides is 1. The molecule has 7 heteroatoms. The molecule has 0 aliphatic heterocycles. The predicted molar refractivity (Wildman–Crippen MR) is 82.0 cm³/mol. The summed E-state index contributed by atoms with van der Waals surface area (Å²) in [5.41, 5.74) is 0.364. The number of carbonyl (C=O) groups is 1. The van der Waals surface area contributed by atoms with Crippen LogP contribution in [0.5, 0.6) is 5.75 Å². The zero-order chi connectivity index (χ0) is 15.9. The number of benzene rings is 1. The number of nitrogens with one attached hydrogen (secondary N) is 2. The molecule has 118 valence electrons. The van der Waals surface area contributed by atoms with Crippen molar-refractivity contribution in [3.05, 3.63) is 18.2 Å². The standard InChI is InChI=1S/C14H22N2O4S/c1-4-9-15-21(18,19)11-7-8-13(20-6-3)12(10-11)16-14(17)5-2/h7-8,10,15H,4-6,9H2,1-3H3,(H,16,17). The van der Waals surface area contributed by atoms with Crippen LogP contribution in [0.1, 0.15) is 33.6 Å². The van der Waals surface area contributed by atoms with Gasteiger partial charge in [0.05, 0.1) is 17.2 Å². The maximum Gasteiger partial charge on any atom is 0.240 e. The Morgan fingerprint density at radius 3 is 2.52 bits per heavy atom. The molecule has 1 aromatic rings. The molecule has 0 radical (unpaired) electrons. The minimum absolute atomic E-state index is 0.103. The molecule has 0 heterocycles. The third-order valence-corrected chi connectivity index (χ3v) is 4.16. The summed E-state index contributed by atoms with van der Waals surface area (Å²) in [6, 6.07) is 4.43. The quantitative estimate of drug-likeness (QED) is 0.770. The Morgan fingerprint density at radius 2 is 1.95 bits per heavy atom. The lowest BCUT2D eigenvalue weighted by Crippen LogP contribution is -2.24. The van der Waals surface area contributed by atoms with Crippen molar-refractivity contribution < 1.29 is 17.9 Å². The number of ether oxygens (including phenoxy) is 1. The summed E-state index contributed by atoms with van der Waals surface area (Å²) in [7, 11) is -3.58. The number of hydrogen-bond acceptors (Lipinski definition) is 4. The van der Waals surface area contributed by atoms with Crippen LogP contribution in [-0.4, -0.2) is 27.5 Å². The molecule has 0 spiro atoms. The Kier molecular flexibility index (Phi) is 6.64. The maximum absolute atomic E-state index is 12.1. The van der Waals surface area contributed by atoms with Gasteiger partial charge in [0.1, 0.15) is 5.75 Å². The van der Waals surface area contributed by atoms with Crippen LogP contribution in [0.25, 0.3) is 0 Å². The molecule has 0 unspecified atom stereocenters. The van der Waals surface area contributed by atoms with Crippen molar-refractivity contribution in [1.82, 2.24) is 4.72 Å². The van der Waals surface area contributed by atoms with Gasteiger partial charge >= 0.3 is 0 Å². The van der Waals surface area contributed by atoms with E-state index in [4.69, 9.17) is 4.74 Å². The summed E-state index contributed by atoms with van der Waals surface area (Å²) in [5.74, 6) is 0.251. The molecular weight excluding hydrogens is 292 g/mol. The molecular formula is C14H22N2O4S. The molecule has 1 rings (SSSR count). The van der Waals surface area contributed by atoms with Gasteiger partial charge in [-0.05, 0) is 31.5 Å². The molecule has 6 nitrogen and oxygen atoms in total. The molecule has 21 heavy (non-hydrogen) atoms. The van der Waals surface area contributed by atoms with E-state index < -0.39 is 10.0 Å². The van der Waals surface area contributed by atoms with Gasteiger partial charge < -0.3 is 10.1 Å². The number of carbonyl (C=O) groups excluding carboxylic acids is 1. The monoisotopic (exact) mass is 314 g/mol. The molecule has 0 aromatic heterocycles. The lowest BCUT2D eigenvalue weighted by atomic mass is 10.3. The summed E-state index contributed by atoms with van der Waals surface area (Å²) in [6.45, 7) is 6.22. The fourth-order valence-corrected chi connectivity index (χ4v) is 2.77. The zero-order valence-electron chi connectivity index (χ0n) is 12.6. The van der Waals surface area contributed by atoms with Gasteiger partial charge in [0.15, 0.2) is 0 Å². The van der Waals surface area contributed by atoms with Crippen molar-refractivity contribution in [3.8, 4) is 5.75 Å². The molecule has 0 aliphatic carbocycles. The topological polar surface area (TPSA) is 84.5 Å². The normalized spacial score (nSPS) is 11.2. The van der Waals surface area contributed by atoms with E-state index in [9.17, 15) is 13.2 Å². The lowest BCUT2D eigenvalue weighted by Gasteiger charge is -2.13. The summed E-state index contributed by atoms with van der Waals surface area (Å²) < 4.78 is 32.1. The highest BCUT2D eigenvalue weighted by molar-refractivity contribution is 7.89. The maximum atomic E-state index is 12.1. The van der Waals surface area contributed by atoms with E-state index in [1.54, 1.807) is 13.0 Å². The van der Waals surface area contributed by atoms with Gasteiger partial charge in [-0.25, -0.2) is 13.1 Å². The molecule has 2 N–H and O–H groups in total. The summed E-state index contributed by atoms with van der Waals surface area (Å²) in [5, 5.41) is 2.66. The first-order valence-electron chi connectivity index (χ1n) is 7.00. The predicted octanol–water partition coefficient (Wildman–Crippen LogP) is 2.12. The first-order valence-corrected chi connectivity index (χ1v) is 8.49. The molecule has 0 atom stereocenters. The second-order valence-corrected chi connectivity index (χ2v) is 6.16. The van der Waals surface area contributed by atoms with Crippen molar-refractivity contribution in [1.29, 1.82) is 0 Å². The van der Waals surface area contributed by atoms with Crippen LogP contribution in [0, 0.1) is 0 Å². The second-order valence-electron chi connectivity index (χ2n) is 4.39. The van der Waals surface area contributed by atoms with Crippen LogP contribution < -0.4 is 14.8 Å². The SMILES string of the molecule is CCCNS(=O)(=O)c1ccc(OCC)c(NC(=O)CC)c1. The van der Waals surface area contributed by atoms with Crippen LogP contribution in [0.3, 0.4) is 0 Å². The molecule has 0 bridgehead atoms. The summed E-state index contributed by atoms with van der Waals surface area (Å²) in [6.07, 6.45) is 1.01. The minimum Gasteiger partial charge on any atom is -0.492 e. The fourth-order valence-electron chi connectivity index (χ4n) is 1.61. The van der Waals surface area contributed by atoms with E-state index in [1.165, 1.54) is 12.1 Å². The highest BCUT2D eigenvalue weighted by atomic mass is 32.2. The second kappa shape index (κ2) is 7.99. The smallest absolute Gasteiger partial charge is 0.240 e. The molecule has 0 saturated heterocycles. The number of rotatable bonds is 8. The average molecular weight is 314 g/mol. The van der Waals surface area contributed by atoms with Gasteiger partial charge in [0.25, 0.3) is 0 Å². The number of hydrogen-bond donors (Lipinski definition) is 2. The Balaban J connectivity index is 3.13. The van der Waals surface area contributed by atoms with Gasteiger partial charge in [-0.3, -0.25) is 4.79 Å². The van der Waals surface area contributed by atoms with Crippen molar-refractivity contribution in [2.24, 2.45) is 0 Å². The summed E-state index contributed by atoms with van der Waals surface area (Å²) >= 11 is 0.